The zero-order valence-corrected chi connectivity index (χ0v) is 15.6. The van der Waals surface area contributed by atoms with Gasteiger partial charge in [0.1, 0.15) is 6.10 Å². The molecule has 138 valence electrons. The van der Waals surface area contributed by atoms with Gasteiger partial charge in [-0.3, -0.25) is 4.90 Å². The molecule has 2 saturated heterocycles. The number of halogens is 1. The van der Waals surface area contributed by atoms with E-state index in [0.29, 0.717) is 17.2 Å². The Hall–Kier alpha value is -1.88. The lowest BCUT2D eigenvalue weighted by Gasteiger charge is -2.30. The first-order chi connectivity index (χ1) is 12.1. The van der Waals surface area contributed by atoms with Gasteiger partial charge in [-0.25, -0.2) is 4.79 Å². The zero-order chi connectivity index (χ0) is 17.4. The van der Waals surface area contributed by atoms with Crippen LogP contribution < -0.4 is 0 Å². The summed E-state index contributed by atoms with van der Waals surface area (Å²) < 4.78 is 5.86. The maximum absolute atomic E-state index is 13.1. The van der Waals surface area contributed by atoms with Gasteiger partial charge in [-0.1, -0.05) is 60.7 Å². The van der Waals surface area contributed by atoms with E-state index in [-0.39, 0.29) is 24.6 Å². The van der Waals surface area contributed by atoms with E-state index in [1.165, 1.54) is 0 Å². The van der Waals surface area contributed by atoms with Crippen LogP contribution in [-0.4, -0.2) is 41.2 Å². The van der Waals surface area contributed by atoms with Gasteiger partial charge in [0.2, 0.25) is 5.60 Å². The third-order valence-electron chi connectivity index (χ3n) is 5.77. The van der Waals surface area contributed by atoms with Gasteiger partial charge in [-0.2, -0.15) is 0 Å². The minimum atomic E-state index is -1.79. The maximum atomic E-state index is 13.1. The fourth-order valence-electron chi connectivity index (χ4n) is 4.31. The van der Waals surface area contributed by atoms with Gasteiger partial charge in [0, 0.05) is 18.5 Å². The van der Waals surface area contributed by atoms with Crippen molar-refractivity contribution in [1.82, 2.24) is 4.90 Å². The second kappa shape index (κ2) is 7.39. The minimum absolute atomic E-state index is 0. The van der Waals surface area contributed by atoms with E-state index in [9.17, 15) is 9.90 Å². The summed E-state index contributed by atoms with van der Waals surface area (Å²) >= 11 is 0. The Morgan fingerprint density at radius 1 is 1.04 bits per heavy atom. The van der Waals surface area contributed by atoms with Crippen LogP contribution in [0.4, 0.5) is 0 Å². The van der Waals surface area contributed by atoms with Crippen LogP contribution in [0.2, 0.25) is 0 Å². The first-order valence-electron chi connectivity index (χ1n) is 8.87. The molecule has 2 aromatic rings. The molecule has 0 spiro atoms. The number of likely N-dealkylation sites (N-methyl/N-ethyl adjacent to an activating group) is 1. The number of aliphatic hydroxyl groups is 1. The zero-order valence-electron chi connectivity index (χ0n) is 14.7. The van der Waals surface area contributed by atoms with Crippen molar-refractivity contribution < 1.29 is 14.6 Å². The molecule has 3 atom stereocenters. The van der Waals surface area contributed by atoms with Crippen molar-refractivity contribution in [1.29, 1.82) is 0 Å². The van der Waals surface area contributed by atoms with Gasteiger partial charge < -0.3 is 9.84 Å². The Labute approximate surface area is 160 Å². The van der Waals surface area contributed by atoms with Gasteiger partial charge in [0.25, 0.3) is 0 Å². The van der Waals surface area contributed by atoms with Gasteiger partial charge in [-0.15, -0.1) is 12.4 Å². The van der Waals surface area contributed by atoms with Gasteiger partial charge in [0.05, 0.1) is 0 Å². The van der Waals surface area contributed by atoms with E-state index in [1.54, 1.807) is 24.3 Å². The Bertz CT molecular complexity index is 713. The molecular weight excluding hydrogens is 350 g/mol. The second-order valence-corrected chi connectivity index (χ2v) is 7.09. The molecule has 5 heteroatoms. The van der Waals surface area contributed by atoms with E-state index in [2.05, 4.69) is 11.9 Å². The number of esters is 1. The summed E-state index contributed by atoms with van der Waals surface area (Å²) in [6.07, 6.45) is 2.92. The van der Waals surface area contributed by atoms with Crippen molar-refractivity contribution in [3.63, 3.8) is 0 Å². The number of hydrogen-bond acceptors (Lipinski definition) is 4. The number of carbonyl (C=O) groups excluding carboxylic acids is 1. The molecule has 4 nitrogen and oxygen atoms in total. The molecule has 2 aliphatic heterocycles. The first-order valence-corrected chi connectivity index (χ1v) is 8.87. The summed E-state index contributed by atoms with van der Waals surface area (Å²) in [5, 5.41) is 11.4. The Kier molecular flexibility index (Phi) is 5.37. The number of nitrogens with zero attached hydrogens (tertiary/aromatic N) is 1. The molecule has 0 amide bonds. The van der Waals surface area contributed by atoms with Crippen LogP contribution in [0.5, 0.6) is 0 Å². The fraction of sp³-hybridized carbons (Fsp3) is 0.381. The lowest BCUT2D eigenvalue weighted by molar-refractivity contribution is -0.169. The van der Waals surface area contributed by atoms with Crippen LogP contribution in [0.25, 0.3) is 0 Å². The number of rotatable bonds is 4. The van der Waals surface area contributed by atoms with Crippen molar-refractivity contribution in [3.8, 4) is 0 Å². The maximum Gasteiger partial charge on any atom is 0.348 e. The van der Waals surface area contributed by atoms with Crippen molar-refractivity contribution in [2.75, 3.05) is 7.05 Å². The Balaban J connectivity index is 0.00000196. The summed E-state index contributed by atoms with van der Waals surface area (Å²) in [6.45, 7) is 0. The monoisotopic (exact) mass is 373 g/mol. The molecule has 26 heavy (non-hydrogen) atoms. The third kappa shape index (κ3) is 3.02. The number of benzene rings is 2. The topological polar surface area (TPSA) is 49.8 Å². The summed E-state index contributed by atoms with van der Waals surface area (Å²) in [7, 11) is 2.09. The van der Waals surface area contributed by atoms with Crippen molar-refractivity contribution in [2.45, 2.75) is 43.1 Å². The van der Waals surface area contributed by atoms with Crippen LogP contribution >= 0.6 is 12.4 Å². The van der Waals surface area contributed by atoms with Gasteiger partial charge in [-0.05, 0) is 31.0 Å². The Morgan fingerprint density at radius 3 is 2.00 bits per heavy atom. The third-order valence-corrected chi connectivity index (χ3v) is 5.77. The van der Waals surface area contributed by atoms with Crippen LogP contribution in [0.15, 0.2) is 60.7 Å². The average molecular weight is 374 g/mol. The van der Waals surface area contributed by atoms with Gasteiger partial charge >= 0.3 is 5.97 Å². The molecule has 2 aromatic carbocycles. The normalized spacial score (nSPS) is 24.9. The summed E-state index contributed by atoms with van der Waals surface area (Å²) in [4.78, 5) is 15.4. The number of fused-ring (bicyclic) bond motifs is 2. The van der Waals surface area contributed by atoms with Crippen LogP contribution in [0.3, 0.4) is 0 Å². The molecule has 0 saturated carbocycles. The lowest BCUT2D eigenvalue weighted by atomic mass is 9.86. The highest BCUT2D eigenvalue weighted by Gasteiger charge is 2.49. The number of ether oxygens (including phenoxy) is 1. The number of hydrogen-bond donors (Lipinski definition) is 1. The first kappa shape index (κ1) is 18.9. The SMILES string of the molecule is CN1C2CCC1C(OC(=O)C(O)(c1ccccc1)c1ccccc1)C2.Cl. The minimum Gasteiger partial charge on any atom is -0.458 e. The molecule has 3 unspecified atom stereocenters. The smallest absolute Gasteiger partial charge is 0.348 e. The molecule has 4 rings (SSSR count). The predicted molar refractivity (Wildman–Crippen MR) is 102 cm³/mol. The van der Waals surface area contributed by atoms with Crippen LogP contribution in [-0.2, 0) is 15.1 Å². The largest absolute Gasteiger partial charge is 0.458 e. The Morgan fingerprint density at radius 2 is 1.58 bits per heavy atom. The van der Waals surface area contributed by atoms with Gasteiger partial charge in [0.15, 0.2) is 0 Å². The molecule has 0 aromatic heterocycles. The molecule has 0 radical (unpaired) electrons. The van der Waals surface area contributed by atoms with Crippen molar-refractivity contribution in [3.05, 3.63) is 71.8 Å². The van der Waals surface area contributed by atoms with E-state index in [4.69, 9.17) is 4.74 Å². The standard InChI is InChI=1S/C21H23NO3.ClH/c1-22-17-12-13-18(22)19(14-17)25-20(23)21(24,15-8-4-2-5-9-15)16-10-6-3-7-11-16;/h2-11,17-19,24H,12-14H2,1H3;1H. The predicted octanol–water partition coefficient (Wildman–Crippen LogP) is 3.12. The average Bonchev–Trinajstić information content (AvgIpc) is 3.16. The van der Waals surface area contributed by atoms with E-state index < -0.39 is 11.6 Å². The quantitative estimate of drug-likeness (QED) is 0.836. The molecule has 2 heterocycles. The molecule has 0 aliphatic carbocycles. The fourth-order valence-corrected chi connectivity index (χ4v) is 4.31. The second-order valence-electron chi connectivity index (χ2n) is 7.09. The van der Waals surface area contributed by atoms with E-state index >= 15 is 0 Å². The highest BCUT2D eigenvalue weighted by Crippen LogP contribution is 2.39. The molecule has 2 bridgehead atoms. The summed E-state index contributed by atoms with van der Waals surface area (Å²) in [5.74, 6) is -0.587. The highest BCUT2D eigenvalue weighted by atomic mass is 35.5. The highest BCUT2D eigenvalue weighted by molar-refractivity contribution is 5.86. The lowest BCUT2D eigenvalue weighted by Crippen LogP contribution is -2.43. The molecule has 2 fully saturated rings. The van der Waals surface area contributed by atoms with E-state index in [0.717, 1.165) is 19.3 Å². The molecule has 1 N–H and O–H groups in total. The van der Waals surface area contributed by atoms with Crippen molar-refractivity contribution in [2.24, 2.45) is 0 Å². The molecular formula is C21H24ClNO3. The van der Waals surface area contributed by atoms with Crippen LogP contribution in [0.1, 0.15) is 30.4 Å². The molecule has 2 aliphatic rings. The summed E-state index contributed by atoms with van der Waals surface area (Å²) in [6, 6.07) is 18.8. The van der Waals surface area contributed by atoms with Crippen LogP contribution in [0, 0.1) is 0 Å². The summed E-state index contributed by atoms with van der Waals surface area (Å²) in [5.41, 5.74) is -0.728. The van der Waals surface area contributed by atoms with E-state index in [1.807, 2.05) is 36.4 Å². The number of carbonyl (C=O) groups is 1. The van der Waals surface area contributed by atoms with Crippen molar-refractivity contribution >= 4 is 18.4 Å².